The van der Waals surface area contributed by atoms with Crippen molar-refractivity contribution >= 4 is 37.7 Å². The number of nitrogen functional groups attached to an aromatic ring is 1. The SMILES string of the molecule is Nc1nc2c(C3CC(n4nc(C(F)(F)F)c5cccnc54)C3)cccc2s1. The summed E-state index contributed by atoms with van der Waals surface area (Å²) >= 11 is 1.44. The Hall–Kier alpha value is -2.68. The summed E-state index contributed by atoms with van der Waals surface area (Å²) in [7, 11) is 0. The molecule has 3 aromatic heterocycles. The summed E-state index contributed by atoms with van der Waals surface area (Å²) < 4.78 is 42.4. The molecule has 0 unspecified atom stereocenters. The van der Waals surface area contributed by atoms with Crippen LogP contribution in [0.3, 0.4) is 0 Å². The zero-order valence-electron chi connectivity index (χ0n) is 13.9. The first-order chi connectivity index (χ1) is 12.9. The highest BCUT2D eigenvalue weighted by molar-refractivity contribution is 7.22. The molecule has 0 atom stereocenters. The van der Waals surface area contributed by atoms with Crippen LogP contribution in [0, 0.1) is 0 Å². The number of hydrogen-bond acceptors (Lipinski definition) is 5. The lowest BCUT2D eigenvalue weighted by Crippen LogP contribution is -2.26. The van der Waals surface area contributed by atoms with Gasteiger partial charge in [-0.05, 0) is 42.5 Å². The van der Waals surface area contributed by atoms with Gasteiger partial charge in [-0.1, -0.05) is 23.5 Å². The molecule has 1 fully saturated rings. The molecule has 2 N–H and O–H groups in total. The number of alkyl halides is 3. The lowest BCUT2D eigenvalue weighted by Gasteiger charge is -2.36. The van der Waals surface area contributed by atoms with Gasteiger partial charge in [0.1, 0.15) is 0 Å². The summed E-state index contributed by atoms with van der Waals surface area (Å²) in [5.74, 6) is 0.220. The highest BCUT2D eigenvalue weighted by Crippen LogP contribution is 2.48. The van der Waals surface area contributed by atoms with Crippen molar-refractivity contribution < 1.29 is 13.2 Å². The Balaban J connectivity index is 1.49. The van der Waals surface area contributed by atoms with Gasteiger partial charge in [0.05, 0.1) is 21.6 Å². The van der Waals surface area contributed by atoms with Crippen molar-refractivity contribution in [2.24, 2.45) is 0 Å². The molecule has 0 radical (unpaired) electrons. The van der Waals surface area contributed by atoms with Gasteiger partial charge in [0.15, 0.2) is 16.5 Å². The Labute approximate surface area is 155 Å². The minimum absolute atomic E-state index is 0.0443. The number of pyridine rings is 1. The fraction of sp³-hybridized carbons (Fsp3) is 0.278. The lowest BCUT2D eigenvalue weighted by molar-refractivity contribution is -0.140. The van der Waals surface area contributed by atoms with E-state index in [1.807, 2.05) is 18.2 Å². The van der Waals surface area contributed by atoms with Gasteiger partial charge in [0, 0.05) is 6.20 Å². The van der Waals surface area contributed by atoms with Crippen molar-refractivity contribution in [3.05, 3.63) is 47.8 Å². The summed E-state index contributed by atoms with van der Waals surface area (Å²) in [6.45, 7) is 0. The first-order valence-corrected chi connectivity index (χ1v) is 9.29. The van der Waals surface area contributed by atoms with Crippen LogP contribution in [-0.2, 0) is 6.18 Å². The van der Waals surface area contributed by atoms with E-state index in [4.69, 9.17) is 5.73 Å². The number of thiazole rings is 1. The van der Waals surface area contributed by atoms with Crippen LogP contribution in [0.15, 0.2) is 36.5 Å². The fourth-order valence-corrected chi connectivity index (χ4v) is 4.56. The van der Waals surface area contributed by atoms with Gasteiger partial charge >= 0.3 is 6.18 Å². The molecular formula is C18H14F3N5S. The molecule has 0 amide bonds. The van der Waals surface area contributed by atoms with Gasteiger partial charge in [-0.3, -0.25) is 0 Å². The molecule has 0 spiro atoms. The number of halogens is 3. The number of aromatic nitrogens is 4. The average Bonchev–Trinajstić information content (AvgIpc) is 3.14. The second-order valence-corrected chi connectivity index (χ2v) is 7.80. The monoisotopic (exact) mass is 389 g/mol. The number of nitrogens with zero attached hydrogens (tertiary/aromatic N) is 4. The van der Waals surface area contributed by atoms with Crippen LogP contribution >= 0.6 is 11.3 Å². The zero-order valence-corrected chi connectivity index (χ0v) is 14.8. The average molecular weight is 389 g/mol. The van der Waals surface area contributed by atoms with Crippen molar-refractivity contribution in [2.45, 2.75) is 31.0 Å². The molecule has 138 valence electrons. The summed E-state index contributed by atoms with van der Waals surface area (Å²) in [4.78, 5) is 8.56. The number of hydrogen-bond donors (Lipinski definition) is 1. The molecule has 4 aromatic rings. The van der Waals surface area contributed by atoms with Crippen LogP contribution in [0.1, 0.15) is 36.1 Å². The molecule has 1 aliphatic rings. The number of fused-ring (bicyclic) bond motifs is 2. The van der Waals surface area contributed by atoms with E-state index in [0.717, 1.165) is 15.8 Å². The lowest BCUT2D eigenvalue weighted by atomic mass is 9.75. The van der Waals surface area contributed by atoms with Crippen LogP contribution < -0.4 is 5.73 Å². The molecule has 1 aromatic carbocycles. The molecule has 1 saturated carbocycles. The predicted octanol–water partition coefficient (Wildman–Crippen LogP) is 4.76. The highest BCUT2D eigenvalue weighted by Gasteiger charge is 2.40. The number of rotatable bonds is 2. The minimum Gasteiger partial charge on any atom is -0.375 e. The maximum atomic E-state index is 13.3. The quantitative estimate of drug-likeness (QED) is 0.537. The van der Waals surface area contributed by atoms with Crippen molar-refractivity contribution in [1.82, 2.24) is 19.7 Å². The summed E-state index contributed by atoms with van der Waals surface area (Å²) in [6.07, 6.45) is -1.61. The molecule has 0 saturated heterocycles. The molecular weight excluding hydrogens is 375 g/mol. The van der Waals surface area contributed by atoms with Crippen LogP contribution in [0.5, 0.6) is 0 Å². The van der Waals surface area contributed by atoms with Crippen molar-refractivity contribution in [1.29, 1.82) is 0 Å². The third-order valence-corrected chi connectivity index (χ3v) is 5.95. The number of nitrogens with two attached hydrogens (primary N) is 1. The van der Waals surface area contributed by atoms with Gasteiger partial charge in [0.25, 0.3) is 0 Å². The van der Waals surface area contributed by atoms with Crippen molar-refractivity contribution in [3.8, 4) is 0 Å². The summed E-state index contributed by atoms with van der Waals surface area (Å²) in [5, 5.41) is 4.44. The third kappa shape index (κ3) is 2.56. The van der Waals surface area contributed by atoms with Gasteiger partial charge < -0.3 is 5.73 Å². The van der Waals surface area contributed by atoms with E-state index in [2.05, 4.69) is 15.1 Å². The Kier molecular flexibility index (Phi) is 3.45. The molecule has 5 nitrogen and oxygen atoms in total. The van der Waals surface area contributed by atoms with Gasteiger partial charge in [-0.15, -0.1) is 0 Å². The Bertz CT molecular complexity index is 1160. The fourth-order valence-electron chi connectivity index (χ4n) is 3.80. The second kappa shape index (κ2) is 5.66. The predicted molar refractivity (Wildman–Crippen MR) is 97.6 cm³/mol. The third-order valence-electron chi connectivity index (χ3n) is 5.10. The Morgan fingerprint density at radius 3 is 2.74 bits per heavy atom. The minimum atomic E-state index is -4.50. The number of benzene rings is 1. The van der Waals surface area contributed by atoms with Crippen LogP contribution in [0.2, 0.25) is 0 Å². The van der Waals surface area contributed by atoms with E-state index in [9.17, 15) is 13.2 Å². The number of para-hydroxylation sites is 1. The van der Waals surface area contributed by atoms with Gasteiger partial charge in [-0.2, -0.15) is 18.3 Å². The van der Waals surface area contributed by atoms with E-state index in [1.165, 1.54) is 34.3 Å². The summed E-state index contributed by atoms with van der Waals surface area (Å²) in [6, 6.07) is 8.76. The molecule has 27 heavy (non-hydrogen) atoms. The van der Waals surface area contributed by atoms with Crippen LogP contribution in [0.4, 0.5) is 18.3 Å². The van der Waals surface area contributed by atoms with Crippen LogP contribution in [0.25, 0.3) is 21.3 Å². The maximum absolute atomic E-state index is 13.3. The largest absolute Gasteiger partial charge is 0.435 e. The Morgan fingerprint density at radius 1 is 1.15 bits per heavy atom. The van der Waals surface area contributed by atoms with E-state index in [1.54, 1.807) is 0 Å². The molecule has 1 aliphatic carbocycles. The van der Waals surface area contributed by atoms with Crippen molar-refractivity contribution in [2.75, 3.05) is 5.73 Å². The zero-order chi connectivity index (χ0) is 18.8. The van der Waals surface area contributed by atoms with E-state index >= 15 is 0 Å². The smallest absolute Gasteiger partial charge is 0.375 e. The van der Waals surface area contributed by atoms with E-state index in [-0.39, 0.29) is 23.0 Å². The molecule has 0 bridgehead atoms. The standard InChI is InChI=1S/C18H14F3N5S/c19-18(20,21)15-12-4-2-6-23-16(12)26(25-15)10-7-9(8-10)11-3-1-5-13-14(11)24-17(22)27-13/h1-6,9-10H,7-8H2,(H2,22,24). The first kappa shape index (κ1) is 16.5. The second-order valence-electron chi connectivity index (χ2n) is 6.73. The topological polar surface area (TPSA) is 69.6 Å². The number of anilines is 1. The molecule has 5 rings (SSSR count). The molecule has 0 aliphatic heterocycles. The molecule has 9 heteroatoms. The molecule has 3 heterocycles. The maximum Gasteiger partial charge on any atom is 0.435 e. The summed E-state index contributed by atoms with van der Waals surface area (Å²) in [5.41, 5.74) is 7.22. The Morgan fingerprint density at radius 2 is 1.96 bits per heavy atom. The van der Waals surface area contributed by atoms with Crippen molar-refractivity contribution in [3.63, 3.8) is 0 Å². The first-order valence-electron chi connectivity index (χ1n) is 8.47. The van der Waals surface area contributed by atoms with E-state index in [0.29, 0.717) is 18.0 Å². The van der Waals surface area contributed by atoms with E-state index < -0.39 is 11.9 Å². The highest BCUT2D eigenvalue weighted by atomic mass is 32.1. The normalized spacial score (nSPS) is 20.3. The van der Waals surface area contributed by atoms with Gasteiger partial charge in [0.2, 0.25) is 0 Å². The van der Waals surface area contributed by atoms with Crippen LogP contribution in [-0.4, -0.2) is 19.7 Å². The van der Waals surface area contributed by atoms with Gasteiger partial charge in [-0.25, -0.2) is 14.6 Å².